The Bertz CT molecular complexity index is 344. The zero-order valence-corrected chi connectivity index (χ0v) is 11.8. The summed E-state index contributed by atoms with van der Waals surface area (Å²) < 4.78 is 5.36. The van der Waals surface area contributed by atoms with Crippen LogP contribution in [0.2, 0.25) is 10.0 Å². The van der Waals surface area contributed by atoms with Crippen molar-refractivity contribution in [3.63, 3.8) is 0 Å². The maximum atomic E-state index is 6.15. The molecule has 1 aromatic carbocycles. The van der Waals surface area contributed by atoms with E-state index in [9.17, 15) is 0 Å². The van der Waals surface area contributed by atoms with Crippen molar-refractivity contribution in [2.45, 2.75) is 25.8 Å². The second kappa shape index (κ2) is 7.93. The van der Waals surface area contributed by atoms with Crippen LogP contribution in [-0.2, 0) is 11.2 Å². The highest BCUT2D eigenvalue weighted by Gasteiger charge is 2.10. The number of rotatable bonds is 7. The summed E-state index contributed by atoms with van der Waals surface area (Å²) in [6.07, 6.45) is 1.86. The van der Waals surface area contributed by atoms with Gasteiger partial charge in [0.25, 0.3) is 0 Å². The van der Waals surface area contributed by atoms with Crippen molar-refractivity contribution in [2.24, 2.45) is 0 Å². The molecular formula is C13H19Cl2NO. The second-order valence-electron chi connectivity index (χ2n) is 3.91. The van der Waals surface area contributed by atoms with Gasteiger partial charge in [0.2, 0.25) is 0 Å². The number of hydrogen-bond acceptors (Lipinski definition) is 2. The lowest BCUT2D eigenvalue weighted by Crippen LogP contribution is -2.29. The highest BCUT2D eigenvalue weighted by molar-refractivity contribution is 6.35. The van der Waals surface area contributed by atoms with Gasteiger partial charge in [-0.3, -0.25) is 0 Å². The fourth-order valence-electron chi connectivity index (χ4n) is 1.67. The second-order valence-corrected chi connectivity index (χ2v) is 4.75. The molecule has 0 amide bonds. The highest BCUT2D eigenvalue weighted by atomic mass is 35.5. The Kier molecular flexibility index (Phi) is 6.90. The molecular weight excluding hydrogens is 257 g/mol. The third-order valence-corrected chi connectivity index (χ3v) is 3.29. The van der Waals surface area contributed by atoms with Crippen molar-refractivity contribution in [2.75, 3.05) is 20.3 Å². The van der Waals surface area contributed by atoms with Crippen LogP contribution >= 0.6 is 23.2 Å². The monoisotopic (exact) mass is 275 g/mol. The van der Waals surface area contributed by atoms with Gasteiger partial charge in [-0.05, 0) is 44.5 Å². The Balaban J connectivity index is 2.54. The molecule has 1 rings (SSSR count). The van der Waals surface area contributed by atoms with E-state index in [0.717, 1.165) is 36.6 Å². The van der Waals surface area contributed by atoms with Crippen LogP contribution in [0, 0.1) is 0 Å². The van der Waals surface area contributed by atoms with Gasteiger partial charge >= 0.3 is 0 Å². The summed E-state index contributed by atoms with van der Waals surface area (Å²) >= 11 is 12.0. The quantitative estimate of drug-likeness (QED) is 0.769. The van der Waals surface area contributed by atoms with Crippen LogP contribution in [-0.4, -0.2) is 26.3 Å². The van der Waals surface area contributed by atoms with E-state index in [4.69, 9.17) is 27.9 Å². The molecule has 1 N–H and O–H groups in total. The summed E-state index contributed by atoms with van der Waals surface area (Å²) in [6, 6.07) is 6.02. The molecule has 0 aliphatic carbocycles. The summed E-state index contributed by atoms with van der Waals surface area (Å²) in [5.74, 6) is 0. The van der Waals surface area contributed by atoms with E-state index in [-0.39, 0.29) is 0 Å². The first-order valence-electron chi connectivity index (χ1n) is 5.86. The number of halogens is 2. The molecule has 0 radical (unpaired) electrons. The van der Waals surface area contributed by atoms with Gasteiger partial charge in [0.15, 0.2) is 0 Å². The number of likely N-dealkylation sites (N-methyl/N-ethyl adjacent to an activating group) is 1. The lowest BCUT2D eigenvalue weighted by molar-refractivity contribution is 0.137. The molecule has 1 aromatic rings. The Morgan fingerprint density at radius 1 is 1.35 bits per heavy atom. The van der Waals surface area contributed by atoms with Gasteiger partial charge in [0.1, 0.15) is 0 Å². The maximum Gasteiger partial charge on any atom is 0.0480 e. The molecule has 1 atom stereocenters. The molecule has 0 bridgehead atoms. The summed E-state index contributed by atoms with van der Waals surface area (Å²) in [4.78, 5) is 0. The third kappa shape index (κ3) is 5.26. The minimum absolute atomic E-state index is 0.375. The van der Waals surface area contributed by atoms with Crippen LogP contribution < -0.4 is 5.32 Å². The molecule has 0 spiro atoms. The van der Waals surface area contributed by atoms with Crippen molar-refractivity contribution in [3.8, 4) is 0 Å². The third-order valence-electron chi connectivity index (χ3n) is 2.70. The summed E-state index contributed by atoms with van der Waals surface area (Å²) in [7, 11) is 1.96. The molecule has 0 aliphatic rings. The van der Waals surface area contributed by atoms with Crippen molar-refractivity contribution in [3.05, 3.63) is 33.8 Å². The van der Waals surface area contributed by atoms with Crippen molar-refractivity contribution in [1.29, 1.82) is 0 Å². The summed E-state index contributed by atoms with van der Waals surface area (Å²) in [5, 5.41) is 4.69. The van der Waals surface area contributed by atoms with E-state index in [2.05, 4.69) is 5.32 Å². The van der Waals surface area contributed by atoms with Gasteiger partial charge < -0.3 is 10.1 Å². The van der Waals surface area contributed by atoms with E-state index in [1.165, 1.54) is 0 Å². The summed E-state index contributed by atoms with van der Waals surface area (Å²) in [5.41, 5.74) is 1.12. The molecule has 96 valence electrons. The van der Waals surface area contributed by atoms with Crippen LogP contribution in [0.5, 0.6) is 0 Å². The number of hydrogen-bond donors (Lipinski definition) is 1. The van der Waals surface area contributed by atoms with Gasteiger partial charge in [0, 0.05) is 29.3 Å². The highest BCUT2D eigenvalue weighted by Crippen LogP contribution is 2.22. The predicted molar refractivity (Wildman–Crippen MR) is 74.1 cm³/mol. The van der Waals surface area contributed by atoms with Gasteiger partial charge in [-0.1, -0.05) is 29.3 Å². The minimum atomic E-state index is 0.375. The molecule has 17 heavy (non-hydrogen) atoms. The Hall–Kier alpha value is -0.280. The first-order chi connectivity index (χ1) is 8.17. The van der Waals surface area contributed by atoms with Crippen LogP contribution in [0.15, 0.2) is 18.2 Å². The van der Waals surface area contributed by atoms with Crippen LogP contribution in [0.1, 0.15) is 18.9 Å². The van der Waals surface area contributed by atoms with E-state index in [1.54, 1.807) is 6.07 Å². The van der Waals surface area contributed by atoms with Crippen molar-refractivity contribution < 1.29 is 4.74 Å². The van der Waals surface area contributed by atoms with Crippen LogP contribution in [0.25, 0.3) is 0 Å². The SMILES string of the molecule is CCOCCC(Cc1ccc(Cl)cc1Cl)NC. The Morgan fingerprint density at radius 2 is 2.12 bits per heavy atom. The van der Waals surface area contributed by atoms with E-state index in [0.29, 0.717) is 11.1 Å². The Labute approximate surface area is 113 Å². The number of nitrogens with one attached hydrogen (secondary N) is 1. The lowest BCUT2D eigenvalue weighted by Gasteiger charge is -2.17. The zero-order valence-electron chi connectivity index (χ0n) is 10.3. The molecule has 0 saturated carbocycles. The fraction of sp³-hybridized carbons (Fsp3) is 0.538. The van der Waals surface area contributed by atoms with Gasteiger partial charge in [-0.2, -0.15) is 0 Å². The van der Waals surface area contributed by atoms with Gasteiger partial charge in [-0.15, -0.1) is 0 Å². The minimum Gasteiger partial charge on any atom is -0.382 e. The lowest BCUT2D eigenvalue weighted by atomic mass is 10.0. The average Bonchev–Trinajstić information content (AvgIpc) is 2.31. The first kappa shape index (κ1) is 14.8. The maximum absolute atomic E-state index is 6.15. The standard InChI is InChI=1S/C13H19Cl2NO/c1-3-17-7-6-12(16-2)8-10-4-5-11(14)9-13(10)15/h4-5,9,12,16H,3,6-8H2,1-2H3. The van der Waals surface area contributed by atoms with Gasteiger partial charge in [-0.25, -0.2) is 0 Å². The van der Waals surface area contributed by atoms with E-state index >= 15 is 0 Å². The molecule has 1 unspecified atom stereocenters. The average molecular weight is 276 g/mol. The van der Waals surface area contributed by atoms with Crippen LogP contribution in [0.4, 0.5) is 0 Å². The topological polar surface area (TPSA) is 21.3 Å². The molecule has 4 heteroatoms. The fourth-order valence-corrected chi connectivity index (χ4v) is 2.16. The molecule has 0 saturated heterocycles. The molecule has 0 fully saturated rings. The molecule has 0 aromatic heterocycles. The largest absolute Gasteiger partial charge is 0.382 e. The smallest absolute Gasteiger partial charge is 0.0480 e. The summed E-state index contributed by atoms with van der Waals surface area (Å²) in [6.45, 7) is 3.54. The number of benzene rings is 1. The molecule has 2 nitrogen and oxygen atoms in total. The zero-order chi connectivity index (χ0) is 12.7. The van der Waals surface area contributed by atoms with Crippen molar-refractivity contribution >= 4 is 23.2 Å². The predicted octanol–water partition coefficient (Wildman–Crippen LogP) is 3.55. The Morgan fingerprint density at radius 3 is 2.71 bits per heavy atom. The van der Waals surface area contributed by atoms with Crippen molar-refractivity contribution in [1.82, 2.24) is 5.32 Å². The van der Waals surface area contributed by atoms with Crippen LogP contribution in [0.3, 0.4) is 0 Å². The van der Waals surface area contributed by atoms with E-state index < -0.39 is 0 Å². The van der Waals surface area contributed by atoms with E-state index in [1.807, 2.05) is 26.1 Å². The molecule has 0 aliphatic heterocycles. The first-order valence-corrected chi connectivity index (χ1v) is 6.62. The van der Waals surface area contributed by atoms with Gasteiger partial charge in [0.05, 0.1) is 0 Å². The molecule has 0 heterocycles. The normalized spacial score (nSPS) is 12.7. The number of ether oxygens (including phenoxy) is 1.